The summed E-state index contributed by atoms with van der Waals surface area (Å²) in [7, 11) is 2.07. The van der Waals surface area contributed by atoms with Crippen LogP contribution in [0.4, 0.5) is 21.6 Å². The van der Waals surface area contributed by atoms with Crippen molar-refractivity contribution >= 4 is 39.0 Å². The summed E-state index contributed by atoms with van der Waals surface area (Å²) in [5.74, 6) is 2.54. The van der Waals surface area contributed by atoms with Crippen LogP contribution in [0, 0.1) is 12.7 Å². The molecule has 0 atom stereocenters. The Morgan fingerprint density at radius 3 is 2.55 bits per heavy atom. The zero-order valence-corrected chi connectivity index (χ0v) is 21.0. The van der Waals surface area contributed by atoms with Gasteiger partial charge in [-0.05, 0) is 55.5 Å². The molecule has 0 spiro atoms. The third-order valence-corrected chi connectivity index (χ3v) is 6.96. The van der Waals surface area contributed by atoms with E-state index in [0.29, 0.717) is 18.2 Å². The van der Waals surface area contributed by atoms with Gasteiger partial charge in [0.05, 0.1) is 23.4 Å². The number of anilines is 3. The summed E-state index contributed by atoms with van der Waals surface area (Å²) in [6.45, 7) is 2.72. The fraction of sp³-hybridized carbons (Fsp3) is 0.0968. The van der Waals surface area contributed by atoms with Gasteiger partial charge < -0.3 is 14.5 Å². The third kappa shape index (κ3) is 3.63. The smallest absolute Gasteiger partial charge is 0.158 e. The predicted octanol–water partition coefficient (Wildman–Crippen LogP) is 7.36. The molecule has 0 aliphatic carbocycles. The zero-order valence-electron chi connectivity index (χ0n) is 21.0. The molecule has 4 heterocycles. The predicted molar refractivity (Wildman–Crippen MR) is 149 cm³/mol. The van der Waals surface area contributed by atoms with Gasteiger partial charge in [-0.25, -0.2) is 14.4 Å². The Hall–Kier alpha value is -4.91. The highest BCUT2D eigenvalue weighted by atomic mass is 19.1. The lowest BCUT2D eigenvalue weighted by atomic mass is 10.1. The highest BCUT2D eigenvalue weighted by molar-refractivity contribution is 6.09. The summed E-state index contributed by atoms with van der Waals surface area (Å²) < 4.78 is 22.5. The highest BCUT2D eigenvalue weighted by Crippen LogP contribution is 2.40. The first-order chi connectivity index (χ1) is 18.5. The number of benzene rings is 3. The van der Waals surface area contributed by atoms with Crippen LogP contribution in [0.15, 0.2) is 97.2 Å². The number of aryl methyl sites for hydroxylation is 1. The van der Waals surface area contributed by atoms with Crippen LogP contribution in [-0.2, 0) is 0 Å². The second-order valence-electron chi connectivity index (χ2n) is 9.53. The van der Waals surface area contributed by atoms with E-state index in [9.17, 15) is 4.39 Å². The molecule has 6 nitrogen and oxygen atoms in total. The molecule has 0 unspecified atom stereocenters. The first kappa shape index (κ1) is 22.3. The second kappa shape index (κ2) is 8.59. The lowest BCUT2D eigenvalue weighted by Gasteiger charge is -2.19. The molecule has 0 radical (unpaired) electrons. The maximum Gasteiger partial charge on any atom is 0.158 e. The van der Waals surface area contributed by atoms with Crippen molar-refractivity contribution < 1.29 is 9.13 Å². The molecule has 0 saturated heterocycles. The number of fused-ring (bicyclic) bond motifs is 4. The van der Waals surface area contributed by atoms with Crippen molar-refractivity contribution in [2.75, 3.05) is 23.5 Å². The Bertz CT molecular complexity index is 1850. The molecule has 6 aromatic rings. The Morgan fingerprint density at radius 2 is 1.66 bits per heavy atom. The molecule has 3 aromatic carbocycles. The van der Waals surface area contributed by atoms with Crippen LogP contribution in [0.2, 0.25) is 0 Å². The SMILES string of the molecule is Cc1ccc2c(n1)N(c1cccc(Oc3ccc4c5ccccc5n(-c5cc(F)ccn5)c4c3)c1)CN2C. The number of hydrogen-bond donors (Lipinski definition) is 0. The summed E-state index contributed by atoms with van der Waals surface area (Å²) >= 11 is 0. The monoisotopic (exact) mass is 501 g/mol. The molecule has 0 N–H and O–H groups in total. The molecule has 0 amide bonds. The maximum atomic E-state index is 14.1. The molecular weight excluding hydrogens is 477 g/mol. The van der Waals surface area contributed by atoms with Gasteiger partial charge >= 0.3 is 0 Å². The largest absolute Gasteiger partial charge is 0.457 e. The average molecular weight is 502 g/mol. The van der Waals surface area contributed by atoms with Gasteiger partial charge in [-0.15, -0.1) is 0 Å². The lowest BCUT2D eigenvalue weighted by Crippen LogP contribution is -2.24. The van der Waals surface area contributed by atoms with Crippen molar-refractivity contribution in [1.82, 2.24) is 14.5 Å². The van der Waals surface area contributed by atoms with E-state index in [1.54, 1.807) is 0 Å². The summed E-state index contributed by atoms with van der Waals surface area (Å²) in [6.07, 6.45) is 1.49. The molecule has 38 heavy (non-hydrogen) atoms. The summed E-state index contributed by atoms with van der Waals surface area (Å²) in [5, 5.41) is 2.12. The number of aromatic nitrogens is 3. The van der Waals surface area contributed by atoms with Crippen LogP contribution in [-0.4, -0.2) is 28.3 Å². The van der Waals surface area contributed by atoms with E-state index < -0.39 is 0 Å². The van der Waals surface area contributed by atoms with Crippen molar-refractivity contribution in [3.63, 3.8) is 0 Å². The number of ether oxygens (including phenoxy) is 1. The van der Waals surface area contributed by atoms with Crippen LogP contribution < -0.4 is 14.5 Å². The number of nitrogens with zero attached hydrogens (tertiary/aromatic N) is 5. The number of para-hydroxylation sites is 1. The van der Waals surface area contributed by atoms with Crippen molar-refractivity contribution in [3.05, 3.63) is 109 Å². The highest BCUT2D eigenvalue weighted by Gasteiger charge is 2.26. The molecule has 0 bridgehead atoms. The number of rotatable bonds is 4. The van der Waals surface area contributed by atoms with Gasteiger partial charge in [-0.3, -0.25) is 4.57 Å². The van der Waals surface area contributed by atoms with Gasteiger partial charge in [-0.1, -0.05) is 24.3 Å². The molecule has 3 aromatic heterocycles. The first-order valence-corrected chi connectivity index (χ1v) is 12.4. The first-order valence-electron chi connectivity index (χ1n) is 12.4. The van der Waals surface area contributed by atoms with Gasteiger partial charge in [0.1, 0.15) is 23.1 Å². The molecule has 0 fully saturated rings. The summed E-state index contributed by atoms with van der Waals surface area (Å²) in [4.78, 5) is 13.6. The van der Waals surface area contributed by atoms with Crippen LogP contribution in [0.3, 0.4) is 0 Å². The average Bonchev–Trinajstić information content (AvgIpc) is 3.42. The fourth-order valence-electron chi connectivity index (χ4n) is 5.22. The van der Waals surface area contributed by atoms with Crippen molar-refractivity contribution in [3.8, 4) is 17.3 Å². The van der Waals surface area contributed by atoms with E-state index in [-0.39, 0.29) is 5.82 Å². The van der Waals surface area contributed by atoms with E-state index in [1.807, 2.05) is 72.2 Å². The molecule has 7 heteroatoms. The van der Waals surface area contributed by atoms with Crippen molar-refractivity contribution in [2.45, 2.75) is 6.92 Å². The topological polar surface area (TPSA) is 46.4 Å². The standard InChI is InChI=1S/C31H24FN5O/c1-20-10-13-28-31(34-20)36(19-35(28)2)22-6-5-7-23(17-22)38-24-11-12-26-25-8-3-4-9-27(25)37(29(26)18-24)30-16-21(32)14-15-33-30/h3-18H,19H2,1-2H3. The summed E-state index contributed by atoms with van der Waals surface area (Å²) in [6, 6.07) is 29.0. The number of pyridine rings is 2. The Labute approximate surface area is 219 Å². The Kier molecular flexibility index (Phi) is 5.04. The van der Waals surface area contributed by atoms with Gasteiger partial charge in [0.25, 0.3) is 0 Å². The van der Waals surface area contributed by atoms with E-state index in [2.05, 4.69) is 40.0 Å². The normalized spacial score (nSPS) is 12.9. The molecule has 1 aliphatic heterocycles. The minimum atomic E-state index is -0.330. The summed E-state index contributed by atoms with van der Waals surface area (Å²) in [5.41, 5.74) is 4.94. The minimum Gasteiger partial charge on any atom is -0.457 e. The number of hydrogen-bond acceptors (Lipinski definition) is 5. The molecular formula is C31H24FN5O. The Morgan fingerprint density at radius 1 is 0.816 bits per heavy atom. The van der Waals surface area contributed by atoms with E-state index in [4.69, 9.17) is 9.72 Å². The second-order valence-corrected chi connectivity index (χ2v) is 9.53. The van der Waals surface area contributed by atoms with Crippen molar-refractivity contribution in [2.24, 2.45) is 0 Å². The van der Waals surface area contributed by atoms with E-state index >= 15 is 0 Å². The van der Waals surface area contributed by atoms with Gasteiger partial charge in [0.2, 0.25) is 0 Å². The Balaban J connectivity index is 1.29. The van der Waals surface area contributed by atoms with Gasteiger partial charge in [-0.2, -0.15) is 0 Å². The minimum absolute atomic E-state index is 0.330. The van der Waals surface area contributed by atoms with Crippen LogP contribution in [0.5, 0.6) is 11.5 Å². The van der Waals surface area contributed by atoms with E-state index in [0.717, 1.165) is 50.4 Å². The maximum absolute atomic E-state index is 14.1. The third-order valence-electron chi connectivity index (χ3n) is 6.96. The molecule has 7 rings (SSSR count). The zero-order chi connectivity index (χ0) is 25.8. The fourth-order valence-corrected chi connectivity index (χ4v) is 5.22. The molecule has 1 aliphatic rings. The molecule has 186 valence electrons. The quantitative estimate of drug-likeness (QED) is 0.253. The van der Waals surface area contributed by atoms with Crippen LogP contribution in [0.25, 0.3) is 27.6 Å². The number of halogens is 1. The molecule has 0 saturated carbocycles. The van der Waals surface area contributed by atoms with Gasteiger partial charge in [0.15, 0.2) is 5.82 Å². The van der Waals surface area contributed by atoms with Crippen LogP contribution in [0.1, 0.15) is 5.69 Å². The lowest BCUT2D eigenvalue weighted by molar-refractivity contribution is 0.483. The van der Waals surface area contributed by atoms with E-state index in [1.165, 1.54) is 18.3 Å². The van der Waals surface area contributed by atoms with Crippen LogP contribution >= 0.6 is 0 Å². The van der Waals surface area contributed by atoms with Crippen molar-refractivity contribution in [1.29, 1.82) is 0 Å². The van der Waals surface area contributed by atoms with Gasteiger partial charge in [0, 0.05) is 53.6 Å².